The SMILES string of the molecule is Cc1cc(C(F)(C(F)(F)F)C(F)(F)F)ccc1C1(Cl)C=CC=C(C(=O)NC(C)CS(C)(=O)=O)[C@@H]1C(N)=O. The van der Waals surface area contributed by atoms with Crippen molar-refractivity contribution in [2.75, 3.05) is 12.0 Å². The van der Waals surface area contributed by atoms with Crippen LogP contribution in [0.4, 0.5) is 30.7 Å². The molecular weight excluding hydrogens is 557 g/mol. The van der Waals surface area contributed by atoms with Crippen molar-refractivity contribution >= 4 is 33.3 Å². The van der Waals surface area contributed by atoms with Gasteiger partial charge >= 0.3 is 18.0 Å². The number of allylic oxidation sites excluding steroid dienone is 3. The molecule has 0 fully saturated rings. The van der Waals surface area contributed by atoms with Crippen molar-refractivity contribution in [3.05, 3.63) is 58.7 Å². The Balaban J connectivity index is 2.57. The fraction of sp³-hybridized carbons (Fsp3) is 0.455. The second-order valence-electron chi connectivity index (χ2n) is 8.74. The maximum atomic E-state index is 14.5. The predicted molar refractivity (Wildman–Crippen MR) is 121 cm³/mol. The molecule has 1 aromatic carbocycles. The number of carbonyl (C=O) groups is 2. The largest absolute Gasteiger partial charge is 0.435 e. The average Bonchev–Trinajstić information content (AvgIpc) is 2.69. The molecule has 2 unspecified atom stereocenters. The lowest BCUT2D eigenvalue weighted by molar-refractivity contribution is -0.348. The fourth-order valence-electron chi connectivity index (χ4n) is 4.12. The van der Waals surface area contributed by atoms with Crippen LogP contribution in [0.25, 0.3) is 0 Å². The van der Waals surface area contributed by atoms with E-state index in [0.29, 0.717) is 12.1 Å². The molecule has 2 amide bonds. The van der Waals surface area contributed by atoms with Crippen LogP contribution in [0.2, 0.25) is 0 Å². The molecule has 0 radical (unpaired) electrons. The van der Waals surface area contributed by atoms with E-state index in [1.54, 1.807) is 0 Å². The fourth-order valence-corrected chi connectivity index (χ4v) is 5.62. The van der Waals surface area contributed by atoms with Gasteiger partial charge in [0, 0.05) is 23.4 Å². The minimum Gasteiger partial charge on any atom is -0.369 e. The van der Waals surface area contributed by atoms with E-state index < -0.39 is 67.8 Å². The summed E-state index contributed by atoms with van der Waals surface area (Å²) in [5.74, 6) is -4.24. The molecule has 0 saturated heterocycles. The zero-order valence-electron chi connectivity index (χ0n) is 19.5. The third-order valence-electron chi connectivity index (χ3n) is 5.64. The molecule has 0 aromatic heterocycles. The van der Waals surface area contributed by atoms with E-state index >= 15 is 0 Å². The molecule has 0 saturated carbocycles. The van der Waals surface area contributed by atoms with Crippen molar-refractivity contribution in [1.29, 1.82) is 0 Å². The van der Waals surface area contributed by atoms with Gasteiger partial charge in [-0.1, -0.05) is 36.4 Å². The van der Waals surface area contributed by atoms with Gasteiger partial charge in [-0.25, -0.2) is 12.8 Å². The Morgan fingerprint density at radius 3 is 2.11 bits per heavy atom. The molecule has 2 rings (SSSR count). The molecule has 1 aliphatic carbocycles. The number of nitrogens with two attached hydrogens (primary N) is 1. The van der Waals surface area contributed by atoms with Crippen LogP contribution in [0.15, 0.2) is 42.0 Å². The second-order valence-corrected chi connectivity index (χ2v) is 11.5. The number of primary amides is 1. The van der Waals surface area contributed by atoms with Crippen LogP contribution in [-0.4, -0.2) is 50.6 Å². The van der Waals surface area contributed by atoms with Crippen molar-refractivity contribution < 1.29 is 48.7 Å². The molecule has 206 valence electrons. The molecule has 3 atom stereocenters. The van der Waals surface area contributed by atoms with Crippen molar-refractivity contribution in [1.82, 2.24) is 5.32 Å². The second kappa shape index (κ2) is 9.93. The summed E-state index contributed by atoms with van der Waals surface area (Å²) in [7, 11) is -3.49. The van der Waals surface area contributed by atoms with Gasteiger partial charge < -0.3 is 11.1 Å². The minimum atomic E-state index is -6.34. The third kappa shape index (κ3) is 5.95. The Labute approximate surface area is 212 Å². The Bertz CT molecular complexity index is 1240. The highest BCUT2D eigenvalue weighted by Crippen LogP contribution is 2.54. The monoisotopic (exact) mass is 578 g/mol. The number of sulfone groups is 1. The Morgan fingerprint density at radius 1 is 1.14 bits per heavy atom. The van der Waals surface area contributed by atoms with E-state index in [4.69, 9.17) is 17.3 Å². The van der Waals surface area contributed by atoms with E-state index in [0.717, 1.165) is 25.3 Å². The van der Waals surface area contributed by atoms with Crippen molar-refractivity contribution in [3.63, 3.8) is 0 Å². The van der Waals surface area contributed by atoms with E-state index in [1.807, 2.05) is 0 Å². The number of hydrogen-bond acceptors (Lipinski definition) is 4. The first-order valence-electron chi connectivity index (χ1n) is 10.4. The zero-order chi connectivity index (χ0) is 28.8. The van der Waals surface area contributed by atoms with Crippen LogP contribution < -0.4 is 11.1 Å². The summed E-state index contributed by atoms with van der Waals surface area (Å²) in [6, 6.07) is 0.331. The van der Waals surface area contributed by atoms with Gasteiger partial charge in [-0.2, -0.15) is 26.3 Å². The van der Waals surface area contributed by atoms with Crippen molar-refractivity contribution in [3.8, 4) is 0 Å². The Kier molecular flexibility index (Phi) is 8.22. The number of amides is 2. The number of benzene rings is 1. The topological polar surface area (TPSA) is 106 Å². The highest BCUT2D eigenvalue weighted by Gasteiger charge is 2.73. The normalized spacial score (nSPS) is 21.8. The molecular formula is C22H22ClF7N2O4S. The summed E-state index contributed by atoms with van der Waals surface area (Å²) in [4.78, 5) is 23.2. The van der Waals surface area contributed by atoms with Crippen molar-refractivity contribution in [2.24, 2.45) is 11.7 Å². The molecule has 37 heavy (non-hydrogen) atoms. The Morgan fingerprint density at radius 2 is 1.68 bits per heavy atom. The predicted octanol–water partition coefficient (Wildman–Crippen LogP) is 3.87. The molecule has 0 spiro atoms. The van der Waals surface area contributed by atoms with E-state index in [9.17, 15) is 48.7 Å². The summed E-state index contributed by atoms with van der Waals surface area (Å²) < 4.78 is 117. The molecule has 1 aromatic rings. The number of alkyl halides is 8. The molecule has 1 aliphatic rings. The van der Waals surface area contributed by atoms with Crippen LogP contribution in [0.3, 0.4) is 0 Å². The van der Waals surface area contributed by atoms with Gasteiger partial charge in [0.05, 0.1) is 11.7 Å². The van der Waals surface area contributed by atoms with Crippen LogP contribution in [-0.2, 0) is 30.0 Å². The van der Waals surface area contributed by atoms with Gasteiger partial charge in [0.1, 0.15) is 14.7 Å². The van der Waals surface area contributed by atoms with Crippen LogP contribution in [0.5, 0.6) is 0 Å². The molecule has 15 heteroatoms. The van der Waals surface area contributed by atoms with Gasteiger partial charge in [0.15, 0.2) is 0 Å². The molecule has 3 N–H and O–H groups in total. The number of hydrogen-bond donors (Lipinski definition) is 2. The number of halogens is 8. The Hall–Kier alpha value is -2.61. The minimum absolute atomic E-state index is 0.216. The summed E-state index contributed by atoms with van der Waals surface area (Å²) in [5.41, 5.74) is -2.87. The molecule has 0 aliphatic heterocycles. The van der Waals surface area contributed by atoms with Crippen LogP contribution in [0, 0.1) is 12.8 Å². The summed E-state index contributed by atoms with van der Waals surface area (Å²) >= 11 is 6.65. The number of carbonyl (C=O) groups excluding carboxylic acids is 2. The van der Waals surface area contributed by atoms with Gasteiger partial charge in [0.25, 0.3) is 0 Å². The highest BCUT2D eigenvalue weighted by molar-refractivity contribution is 7.90. The number of aryl methyl sites for hydroxylation is 1. The van der Waals surface area contributed by atoms with E-state index in [2.05, 4.69) is 5.32 Å². The number of nitrogens with one attached hydrogen (secondary N) is 1. The zero-order valence-corrected chi connectivity index (χ0v) is 21.0. The van der Waals surface area contributed by atoms with Gasteiger partial charge in [-0.05, 0) is 25.0 Å². The van der Waals surface area contributed by atoms with Crippen molar-refractivity contribution in [2.45, 2.75) is 42.8 Å². The maximum absolute atomic E-state index is 14.5. The first-order chi connectivity index (χ1) is 16.6. The number of rotatable bonds is 7. The molecule has 6 nitrogen and oxygen atoms in total. The third-order valence-corrected chi connectivity index (χ3v) is 7.29. The first kappa shape index (κ1) is 30.6. The van der Waals surface area contributed by atoms with Gasteiger partial charge in [-0.15, -0.1) is 11.6 Å². The van der Waals surface area contributed by atoms with E-state index in [1.165, 1.54) is 13.0 Å². The standard InChI is InChI=1S/C22H22ClF7N2O4S/c1-11-9-13(20(24,21(25,26)27)22(28,29)30)6-7-15(11)19(23)8-4-5-14(16(19)17(31)33)18(34)32-12(2)10-37(3,35)36/h4-9,12,16H,10H2,1-3H3,(H2,31,33)(H,32,34)/t12?,16-,19?/m1/s1. The summed E-state index contributed by atoms with van der Waals surface area (Å²) in [5, 5.41) is 2.37. The first-order valence-corrected chi connectivity index (χ1v) is 12.8. The van der Waals surface area contributed by atoms with Gasteiger partial charge in [0.2, 0.25) is 11.8 Å². The van der Waals surface area contributed by atoms with E-state index in [-0.39, 0.29) is 22.8 Å². The average molecular weight is 579 g/mol. The lowest BCUT2D eigenvalue weighted by Crippen LogP contribution is -2.50. The van der Waals surface area contributed by atoms with Gasteiger partial charge in [-0.3, -0.25) is 9.59 Å². The summed E-state index contributed by atoms with van der Waals surface area (Å²) in [6.07, 6.45) is -8.23. The quantitative estimate of drug-likeness (QED) is 0.378. The molecule has 0 bridgehead atoms. The highest BCUT2D eigenvalue weighted by atomic mass is 35.5. The van der Waals surface area contributed by atoms with Crippen LogP contribution >= 0.6 is 11.6 Å². The lowest BCUT2D eigenvalue weighted by Gasteiger charge is -2.37. The lowest BCUT2D eigenvalue weighted by atomic mass is 9.74. The summed E-state index contributed by atoms with van der Waals surface area (Å²) in [6.45, 7) is 2.42. The smallest absolute Gasteiger partial charge is 0.369 e. The van der Waals surface area contributed by atoms with Crippen LogP contribution in [0.1, 0.15) is 23.6 Å². The maximum Gasteiger partial charge on any atom is 0.435 e. The molecule has 0 heterocycles.